The van der Waals surface area contributed by atoms with Gasteiger partial charge < -0.3 is 14.0 Å². The Morgan fingerprint density at radius 2 is 1.72 bits per heavy atom. The number of halogens is 2. The zero-order chi connectivity index (χ0) is 28.3. The lowest BCUT2D eigenvalue weighted by Gasteiger charge is -2.14. The lowest BCUT2D eigenvalue weighted by molar-refractivity contribution is 0.0600. The van der Waals surface area contributed by atoms with E-state index in [2.05, 4.69) is 14.6 Å². The van der Waals surface area contributed by atoms with Crippen molar-refractivity contribution in [3.63, 3.8) is 0 Å². The van der Waals surface area contributed by atoms with Gasteiger partial charge in [-0.25, -0.2) is 13.2 Å². The molecule has 39 heavy (non-hydrogen) atoms. The number of rotatable bonds is 9. The number of sulfonamides is 1. The van der Waals surface area contributed by atoms with E-state index < -0.39 is 16.0 Å². The quantitative estimate of drug-likeness (QED) is 0.205. The fourth-order valence-electron chi connectivity index (χ4n) is 3.92. The van der Waals surface area contributed by atoms with Gasteiger partial charge in [0.2, 0.25) is 0 Å². The van der Waals surface area contributed by atoms with Crippen molar-refractivity contribution in [2.24, 2.45) is 0 Å². The number of aryl methyl sites for hydroxylation is 1. The van der Waals surface area contributed by atoms with Gasteiger partial charge in [-0.05, 0) is 67.1 Å². The Morgan fingerprint density at radius 1 is 1.05 bits per heavy atom. The molecule has 0 aliphatic rings. The highest BCUT2D eigenvalue weighted by Crippen LogP contribution is 2.39. The molecule has 204 valence electrons. The number of hydrogen-bond acceptors (Lipinski definition) is 7. The summed E-state index contributed by atoms with van der Waals surface area (Å²) in [5.74, 6) is 0.656. The van der Waals surface area contributed by atoms with Crippen LogP contribution in [0.25, 0.3) is 11.3 Å². The maximum Gasteiger partial charge on any atom is 0.337 e. The maximum atomic E-state index is 12.9. The van der Waals surface area contributed by atoms with Gasteiger partial charge in [0.05, 0.1) is 38.9 Å². The van der Waals surface area contributed by atoms with Crippen LogP contribution in [0.3, 0.4) is 0 Å². The van der Waals surface area contributed by atoms with Crippen LogP contribution in [0.4, 0.5) is 5.69 Å². The van der Waals surface area contributed by atoms with E-state index >= 15 is 0 Å². The third kappa shape index (κ3) is 6.21. The molecule has 4 aromatic rings. The fourth-order valence-corrected chi connectivity index (χ4v) is 5.63. The highest BCUT2D eigenvalue weighted by atomic mass is 35.5. The summed E-state index contributed by atoms with van der Waals surface area (Å²) >= 11 is 12.8. The van der Waals surface area contributed by atoms with Gasteiger partial charge in [0.15, 0.2) is 0 Å². The first kappa shape index (κ1) is 28.5. The van der Waals surface area contributed by atoms with E-state index in [9.17, 15) is 13.2 Å². The first-order chi connectivity index (χ1) is 18.5. The van der Waals surface area contributed by atoms with Crippen LogP contribution in [-0.2, 0) is 21.4 Å². The van der Waals surface area contributed by atoms with Gasteiger partial charge in [-0.15, -0.1) is 0 Å². The number of esters is 1. The normalized spacial score (nSPS) is 11.5. The van der Waals surface area contributed by atoms with Crippen LogP contribution in [-0.4, -0.2) is 26.7 Å². The molecule has 4 rings (SSSR count). The van der Waals surface area contributed by atoms with Crippen LogP contribution in [0.15, 0.2) is 70.1 Å². The van der Waals surface area contributed by atoms with E-state index in [0.29, 0.717) is 44.1 Å². The number of methoxy groups -OCH3 is 1. The fraction of sp³-hybridized carbons (Fsp3) is 0.214. The van der Waals surface area contributed by atoms with E-state index in [0.717, 1.165) is 5.56 Å². The van der Waals surface area contributed by atoms with Crippen molar-refractivity contribution < 1.29 is 27.2 Å². The highest BCUT2D eigenvalue weighted by molar-refractivity contribution is 7.92. The number of ether oxygens (including phenoxy) is 2. The lowest BCUT2D eigenvalue weighted by atomic mass is 10.0. The monoisotopic (exact) mass is 588 g/mol. The Hall–Kier alpha value is -3.53. The van der Waals surface area contributed by atoms with E-state index in [1.807, 2.05) is 13.8 Å². The van der Waals surface area contributed by atoms with Gasteiger partial charge in [0, 0.05) is 11.5 Å². The molecule has 0 saturated carbocycles. The molecule has 1 N–H and O–H groups in total. The number of benzene rings is 3. The molecular formula is C28H26Cl2N2O6S. The molecule has 3 aromatic carbocycles. The molecular weight excluding hydrogens is 563 g/mol. The Kier molecular flexibility index (Phi) is 8.54. The minimum Gasteiger partial charge on any atom is -0.489 e. The highest BCUT2D eigenvalue weighted by Gasteiger charge is 2.24. The SMILES string of the molecule is COC(=O)c1ccc(S(=O)(=O)Nc2ccc(OCc3c(-c4c(Cl)cccc4Cl)noc3C(C)C)cc2C)cc1. The van der Waals surface area contributed by atoms with Crippen molar-refractivity contribution in [1.29, 1.82) is 0 Å². The van der Waals surface area contributed by atoms with Crippen molar-refractivity contribution in [2.75, 3.05) is 11.8 Å². The summed E-state index contributed by atoms with van der Waals surface area (Å²) in [4.78, 5) is 11.6. The Morgan fingerprint density at radius 3 is 2.31 bits per heavy atom. The number of nitrogens with zero attached hydrogens (tertiary/aromatic N) is 1. The lowest BCUT2D eigenvalue weighted by Crippen LogP contribution is -2.14. The first-order valence-corrected chi connectivity index (χ1v) is 14.1. The zero-order valence-electron chi connectivity index (χ0n) is 21.6. The second kappa shape index (κ2) is 11.7. The van der Waals surface area contributed by atoms with Gasteiger partial charge >= 0.3 is 5.97 Å². The van der Waals surface area contributed by atoms with Crippen molar-refractivity contribution in [3.05, 3.63) is 93.2 Å². The summed E-state index contributed by atoms with van der Waals surface area (Å²) in [6.45, 7) is 5.86. The number of carbonyl (C=O) groups is 1. The Labute approximate surface area is 236 Å². The van der Waals surface area contributed by atoms with Crippen LogP contribution in [0.5, 0.6) is 5.75 Å². The van der Waals surface area contributed by atoms with Crippen molar-refractivity contribution >= 4 is 44.9 Å². The van der Waals surface area contributed by atoms with Gasteiger partial charge in [0.25, 0.3) is 10.0 Å². The van der Waals surface area contributed by atoms with Gasteiger partial charge in [0.1, 0.15) is 23.8 Å². The number of nitrogens with one attached hydrogen (secondary N) is 1. The van der Waals surface area contributed by atoms with Gasteiger partial charge in [-0.3, -0.25) is 4.72 Å². The Bertz CT molecular complexity index is 1600. The minimum atomic E-state index is -3.89. The number of aromatic nitrogens is 1. The van der Waals surface area contributed by atoms with E-state index in [1.165, 1.54) is 31.4 Å². The standard InChI is InChI=1S/C28H26Cl2N2O6S/c1-16(2)27-21(26(31-38-27)25-22(29)6-5-7-23(25)30)15-37-19-10-13-24(17(3)14-19)32-39(34,35)20-11-8-18(9-12-20)28(33)36-4/h5-14,16,32H,15H2,1-4H3. The molecule has 8 nitrogen and oxygen atoms in total. The summed E-state index contributed by atoms with van der Waals surface area (Å²) in [5.41, 5.74) is 3.08. The van der Waals surface area contributed by atoms with Crippen molar-refractivity contribution in [3.8, 4) is 17.0 Å². The predicted octanol–water partition coefficient (Wildman–Crippen LogP) is 7.25. The van der Waals surface area contributed by atoms with Crippen LogP contribution in [0.2, 0.25) is 10.0 Å². The van der Waals surface area contributed by atoms with Crippen molar-refractivity contribution in [1.82, 2.24) is 5.16 Å². The molecule has 1 heterocycles. The van der Waals surface area contributed by atoms with Crippen LogP contribution >= 0.6 is 23.2 Å². The molecule has 0 spiro atoms. The first-order valence-electron chi connectivity index (χ1n) is 11.9. The van der Waals surface area contributed by atoms with E-state index in [4.69, 9.17) is 32.5 Å². The molecule has 0 aliphatic carbocycles. The molecule has 0 unspecified atom stereocenters. The van der Waals surface area contributed by atoms with Crippen LogP contribution in [0, 0.1) is 6.92 Å². The second-order valence-corrected chi connectivity index (χ2v) is 11.5. The van der Waals surface area contributed by atoms with Gasteiger partial charge in [-0.2, -0.15) is 0 Å². The predicted molar refractivity (Wildman–Crippen MR) is 150 cm³/mol. The average Bonchev–Trinajstić information content (AvgIpc) is 3.32. The largest absolute Gasteiger partial charge is 0.489 e. The zero-order valence-corrected chi connectivity index (χ0v) is 23.9. The van der Waals surface area contributed by atoms with E-state index in [1.54, 1.807) is 43.3 Å². The molecule has 0 bridgehead atoms. The number of anilines is 1. The summed E-state index contributed by atoms with van der Waals surface area (Å²) in [5, 5.41) is 5.12. The summed E-state index contributed by atoms with van der Waals surface area (Å²) < 4.78 is 44.7. The average molecular weight is 589 g/mol. The molecule has 0 amide bonds. The molecule has 0 fully saturated rings. The summed E-state index contributed by atoms with van der Waals surface area (Å²) in [6, 6.07) is 15.7. The Balaban J connectivity index is 1.54. The summed E-state index contributed by atoms with van der Waals surface area (Å²) in [6.07, 6.45) is 0. The number of carbonyl (C=O) groups excluding carboxylic acids is 1. The van der Waals surface area contributed by atoms with Crippen LogP contribution < -0.4 is 9.46 Å². The van der Waals surface area contributed by atoms with E-state index in [-0.39, 0.29) is 23.0 Å². The molecule has 0 saturated heterocycles. The van der Waals surface area contributed by atoms with Crippen LogP contribution in [0.1, 0.15) is 47.0 Å². The summed E-state index contributed by atoms with van der Waals surface area (Å²) in [7, 11) is -2.64. The minimum absolute atomic E-state index is 0.00863. The second-order valence-electron chi connectivity index (χ2n) is 9.01. The van der Waals surface area contributed by atoms with Gasteiger partial charge in [-0.1, -0.05) is 48.3 Å². The maximum absolute atomic E-state index is 12.9. The third-order valence-electron chi connectivity index (χ3n) is 5.95. The molecule has 0 radical (unpaired) electrons. The molecule has 0 aliphatic heterocycles. The molecule has 11 heteroatoms. The smallest absolute Gasteiger partial charge is 0.337 e. The number of hydrogen-bond donors (Lipinski definition) is 1. The topological polar surface area (TPSA) is 108 Å². The van der Waals surface area contributed by atoms with Crippen molar-refractivity contribution in [2.45, 2.75) is 38.2 Å². The molecule has 0 atom stereocenters. The third-order valence-corrected chi connectivity index (χ3v) is 7.96. The molecule has 1 aromatic heterocycles.